The number of aromatic nitrogens is 2. The first-order chi connectivity index (χ1) is 13.4. The fraction of sp³-hybridized carbons (Fsp3) is 0.524. The highest BCUT2D eigenvalue weighted by molar-refractivity contribution is 8.00. The lowest BCUT2D eigenvalue weighted by molar-refractivity contribution is -0.118. The lowest BCUT2D eigenvalue weighted by atomic mass is 9.89. The number of rotatable bonds is 7. The van der Waals surface area contributed by atoms with Crippen LogP contribution in [0.15, 0.2) is 33.9 Å². The monoisotopic (exact) mass is 401 g/mol. The summed E-state index contributed by atoms with van der Waals surface area (Å²) in [4.78, 5) is 24.5. The number of Topliss-reactive ketones (excluding diaryl/α,β-unsaturated/α-hetero) is 1. The average Bonchev–Trinajstić information content (AvgIpc) is 3.17. The molecule has 0 spiro atoms. The van der Waals surface area contributed by atoms with Crippen LogP contribution in [-0.2, 0) is 4.79 Å². The maximum Gasteiger partial charge on any atom is 0.277 e. The summed E-state index contributed by atoms with van der Waals surface area (Å²) in [5, 5.41) is 11.2. The number of thioether (sulfide) groups is 1. The molecule has 0 bridgehead atoms. The van der Waals surface area contributed by atoms with Gasteiger partial charge in [0.15, 0.2) is 5.78 Å². The molecular weight excluding hydrogens is 374 g/mol. The third-order valence-electron chi connectivity index (χ3n) is 4.98. The van der Waals surface area contributed by atoms with Crippen molar-refractivity contribution < 1.29 is 14.0 Å². The zero-order valence-corrected chi connectivity index (χ0v) is 17.4. The number of nitrogens with one attached hydrogen (secondary N) is 1. The summed E-state index contributed by atoms with van der Waals surface area (Å²) in [6.07, 6.45) is 5.88. The highest BCUT2D eigenvalue weighted by Gasteiger charge is 2.24. The number of ketones is 1. The Kier molecular flexibility index (Phi) is 6.88. The Morgan fingerprint density at radius 1 is 1.07 bits per heavy atom. The SMILES string of the molecule is CC(C)C(=O)Nc1ccc(C(=O)[C@@H](C)Sc2nnc(C3CCCCC3)o2)cc1. The number of carbonyl (C=O) groups is 2. The van der Waals surface area contributed by atoms with E-state index in [-0.39, 0.29) is 22.9 Å². The van der Waals surface area contributed by atoms with Crippen LogP contribution >= 0.6 is 11.8 Å². The molecule has 1 fully saturated rings. The van der Waals surface area contributed by atoms with Gasteiger partial charge in [-0.1, -0.05) is 44.9 Å². The van der Waals surface area contributed by atoms with Crippen molar-refractivity contribution in [2.45, 2.75) is 69.3 Å². The van der Waals surface area contributed by atoms with E-state index in [2.05, 4.69) is 15.5 Å². The van der Waals surface area contributed by atoms with Crippen molar-refractivity contribution in [3.63, 3.8) is 0 Å². The van der Waals surface area contributed by atoms with Crippen molar-refractivity contribution in [2.75, 3.05) is 5.32 Å². The zero-order valence-electron chi connectivity index (χ0n) is 16.6. The van der Waals surface area contributed by atoms with Crippen LogP contribution in [0.3, 0.4) is 0 Å². The van der Waals surface area contributed by atoms with Gasteiger partial charge in [0.2, 0.25) is 11.8 Å². The number of hydrogen-bond acceptors (Lipinski definition) is 6. The minimum atomic E-state index is -0.337. The van der Waals surface area contributed by atoms with Crippen molar-refractivity contribution in [2.24, 2.45) is 5.92 Å². The second-order valence-electron chi connectivity index (χ2n) is 7.59. The summed E-state index contributed by atoms with van der Waals surface area (Å²) in [6, 6.07) is 6.96. The minimum absolute atomic E-state index is 0.0100. The van der Waals surface area contributed by atoms with Crippen molar-refractivity contribution in [3.8, 4) is 0 Å². The molecule has 1 atom stereocenters. The Morgan fingerprint density at radius 3 is 2.39 bits per heavy atom. The number of benzene rings is 1. The summed E-state index contributed by atoms with van der Waals surface area (Å²) in [5.41, 5.74) is 1.28. The van der Waals surface area contributed by atoms with Crippen molar-refractivity contribution >= 4 is 29.1 Å². The van der Waals surface area contributed by atoms with Gasteiger partial charge in [-0.15, -0.1) is 10.2 Å². The van der Waals surface area contributed by atoms with Crippen LogP contribution in [0.4, 0.5) is 5.69 Å². The number of amides is 1. The van der Waals surface area contributed by atoms with E-state index in [9.17, 15) is 9.59 Å². The first kappa shape index (κ1) is 20.6. The lowest BCUT2D eigenvalue weighted by Crippen LogP contribution is -2.18. The van der Waals surface area contributed by atoms with E-state index in [4.69, 9.17) is 4.42 Å². The minimum Gasteiger partial charge on any atom is -0.416 e. The van der Waals surface area contributed by atoms with Gasteiger partial charge in [-0.05, 0) is 44.0 Å². The quantitative estimate of drug-likeness (QED) is 0.515. The maximum absolute atomic E-state index is 12.7. The predicted molar refractivity (Wildman–Crippen MR) is 110 cm³/mol. The predicted octanol–water partition coefficient (Wildman–Crippen LogP) is 5.08. The standard InChI is InChI=1S/C21H27N3O3S/c1-13(2)19(26)22-17-11-9-15(10-12-17)18(25)14(3)28-21-24-23-20(27-21)16-7-5-4-6-8-16/h9-14,16H,4-8H2,1-3H3,(H,22,26)/t14-/m1/s1. The molecule has 28 heavy (non-hydrogen) atoms. The zero-order chi connectivity index (χ0) is 20.1. The summed E-state index contributed by atoms with van der Waals surface area (Å²) in [7, 11) is 0. The maximum atomic E-state index is 12.7. The molecule has 150 valence electrons. The van der Waals surface area contributed by atoms with Crippen molar-refractivity contribution in [3.05, 3.63) is 35.7 Å². The molecule has 1 amide bonds. The molecule has 0 aliphatic heterocycles. The van der Waals surface area contributed by atoms with E-state index in [1.807, 2.05) is 20.8 Å². The average molecular weight is 402 g/mol. The molecule has 1 aliphatic carbocycles. The van der Waals surface area contributed by atoms with Crippen LogP contribution in [-0.4, -0.2) is 27.1 Å². The van der Waals surface area contributed by atoms with Crippen LogP contribution in [0.2, 0.25) is 0 Å². The van der Waals surface area contributed by atoms with Gasteiger partial charge < -0.3 is 9.73 Å². The second-order valence-corrected chi connectivity index (χ2v) is 8.88. The Labute approximate surface area is 169 Å². The van der Waals surface area contributed by atoms with Crippen LogP contribution in [0.25, 0.3) is 0 Å². The Hall–Kier alpha value is -2.15. The molecule has 0 unspecified atom stereocenters. The number of carbonyl (C=O) groups excluding carboxylic acids is 2. The van der Waals surface area contributed by atoms with Gasteiger partial charge in [0.25, 0.3) is 5.22 Å². The Morgan fingerprint density at radius 2 is 1.75 bits per heavy atom. The fourth-order valence-corrected chi connectivity index (χ4v) is 3.99. The first-order valence-electron chi connectivity index (χ1n) is 9.89. The highest BCUT2D eigenvalue weighted by Crippen LogP contribution is 2.34. The summed E-state index contributed by atoms with van der Waals surface area (Å²) in [5.74, 6) is 0.908. The molecule has 1 aromatic carbocycles. The Balaban J connectivity index is 1.58. The third-order valence-corrected chi connectivity index (χ3v) is 5.92. The van der Waals surface area contributed by atoms with Gasteiger partial charge >= 0.3 is 0 Å². The number of hydrogen-bond donors (Lipinski definition) is 1. The second kappa shape index (κ2) is 9.37. The normalized spacial score (nSPS) is 16.1. The Bertz CT molecular complexity index is 811. The van der Waals surface area contributed by atoms with E-state index >= 15 is 0 Å². The van der Waals surface area contributed by atoms with Crippen LogP contribution < -0.4 is 5.32 Å². The topological polar surface area (TPSA) is 85.1 Å². The van der Waals surface area contributed by atoms with Gasteiger partial charge in [0.05, 0.1) is 5.25 Å². The number of anilines is 1. The van der Waals surface area contributed by atoms with Gasteiger partial charge in [-0.25, -0.2) is 0 Å². The number of nitrogens with zero attached hydrogens (tertiary/aromatic N) is 2. The molecule has 3 rings (SSSR count). The van der Waals surface area contributed by atoms with Crippen LogP contribution in [0, 0.1) is 5.92 Å². The summed E-state index contributed by atoms with van der Waals surface area (Å²) >= 11 is 1.29. The highest BCUT2D eigenvalue weighted by atomic mass is 32.2. The fourth-order valence-electron chi connectivity index (χ4n) is 3.23. The molecule has 0 radical (unpaired) electrons. The summed E-state index contributed by atoms with van der Waals surface area (Å²) in [6.45, 7) is 5.51. The van der Waals surface area contributed by atoms with E-state index in [1.54, 1.807) is 24.3 Å². The molecule has 7 heteroatoms. The van der Waals surface area contributed by atoms with E-state index in [1.165, 1.54) is 31.0 Å². The van der Waals surface area contributed by atoms with E-state index in [0.29, 0.717) is 28.3 Å². The molecular formula is C21H27N3O3S. The van der Waals surface area contributed by atoms with Crippen molar-refractivity contribution in [1.29, 1.82) is 0 Å². The largest absolute Gasteiger partial charge is 0.416 e. The van der Waals surface area contributed by atoms with Crippen LogP contribution in [0.5, 0.6) is 0 Å². The van der Waals surface area contributed by atoms with Gasteiger partial charge in [-0.2, -0.15) is 0 Å². The first-order valence-corrected chi connectivity index (χ1v) is 10.8. The molecule has 1 N–H and O–H groups in total. The van der Waals surface area contributed by atoms with Gasteiger partial charge in [0.1, 0.15) is 0 Å². The molecule has 0 saturated heterocycles. The third kappa shape index (κ3) is 5.22. The molecule has 2 aromatic rings. The van der Waals surface area contributed by atoms with Gasteiger partial charge in [0, 0.05) is 23.1 Å². The van der Waals surface area contributed by atoms with Crippen molar-refractivity contribution in [1.82, 2.24) is 10.2 Å². The van der Waals surface area contributed by atoms with E-state index in [0.717, 1.165) is 12.8 Å². The molecule has 1 heterocycles. The molecule has 1 aromatic heterocycles. The summed E-state index contributed by atoms with van der Waals surface area (Å²) < 4.78 is 5.81. The molecule has 1 aliphatic rings. The van der Waals surface area contributed by atoms with Gasteiger partial charge in [-0.3, -0.25) is 9.59 Å². The lowest BCUT2D eigenvalue weighted by Gasteiger charge is -2.17. The van der Waals surface area contributed by atoms with Crippen LogP contribution in [0.1, 0.15) is 75.0 Å². The van der Waals surface area contributed by atoms with E-state index < -0.39 is 0 Å². The smallest absolute Gasteiger partial charge is 0.277 e. The molecule has 6 nitrogen and oxygen atoms in total. The molecule has 1 saturated carbocycles.